The van der Waals surface area contributed by atoms with Gasteiger partial charge >= 0.3 is 0 Å². The van der Waals surface area contributed by atoms with Crippen molar-refractivity contribution < 1.29 is 5.11 Å². The van der Waals surface area contributed by atoms with Crippen LogP contribution in [0.15, 0.2) is 30.3 Å². The van der Waals surface area contributed by atoms with Gasteiger partial charge in [-0.25, -0.2) is 0 Å². The summed E-state index contributed by atoms with van der Waals surface area (Å²) in [6.45, 7) is 3.98. The molecule has 0 fully saturated rings. The SMILES string of the molecule is CCC(NCCN(C)C)C(O)c1ccccc1. The average molecular weight is 236 g/mol. The molecule has 3 nitrogen and oxygen atoms in total. The van der Waals surface area contributed by atoms with Crippen molar-refractivity contribution in [1.29, 1.82) is 0 Å². The molecule has 0 saturated carbocycles. The second-order valence-corrected chi connectivity index (χ2v) is 4.63. The Morgan fingerprint density at radius 2 is 1.88 bits per heavy atom. The maximum Gasteiger partial charge on any atom is 0.0942 e. The van der Waals surface area contributed by atoms with Gasteiger partial charge in [0.15, 0.2) is 0 Å². The fourth-order valence-corrected chi connectivity index (χ4v) is 1.84. The van der Waals surface area contributed by atoms with E-state index in [0.29, 0.717) is 0 Å². The van der Waals surface area contributed by atoms with E-state index in [4.69, 9.17) is 0 Å². The molecular formula is C14H24N2O. The Balaban J connectivity index is 2.49. The van der Waals surface area contributed by atoms with E-state index in [1.807, 2.05) is 30.3 Å². The first-order valence-electron chi connectivity index (χ1n) is 6.26. The molecule has 96 valence electrons. The highest BCUT2D eigenvalue weighted by atomic mass is 16.3. The van der Waals surface area contributed by atoms with Crippen molar-refractivity contribution in [1.82, 2.24) is 10.2 Å². The highest BCUT2D eigenvalue weighted by Gasteiger charge is 2.17. The highest BCUT2D eigenvalue weighted by Crippen LogP contribution is 2.18. The lowest BCUT2D eigenvalue weighted by Crippen LogP contribution is -2.38. The van der Waals surface area contributed by atoms with Gasteiger partial charge in [0.05, 0.1) is 6.10 Å². The van der Waals surface area contributed by atoms with Crippen LogP contribution >= 0.6 is 0 Å². The number of rotatable bonds is 7. The Bertz CT molecular complexity index is 300. The van der Waals surface area contributed by atoms with Crippen molar-refractivity contribution in [3.05, 3.63) is 35.9 Å². The molecule has 2 atom stereocenters. The molecule has 0 aliphatic carbocycles. The van der Waals surface area contributed by atoms with Crippen LogP contribution in [-0.4, -0.2) is 43.2 Å². The van der Waals surface area contributed by atoms with Crippen molar-refractivity contribution in [2.45, 2.75) is 25.5 Å². The fourth-order valence-electron chi connectivity index (χ4n) is 1.84. The number of hydrogen-bond acceptors (Lipinski definition) is 3. The molecule has 0 spiro atoms. The zero-order valence-corrected chi connectivity index (χ0v) is 11.1. The maximum absolute atomic E-state index is 10.3. The summed E-state index contributed by atoms with van der Waals surface area (Å²) in [5.74, 6) is 0. The van der Waals surface area contributed by atoms with Gasteiger partial charge in [-0.05, 0) is 26.1 Å². The summed E-state index contributed by atoms with van der Waals surface area (Å²) < 4.78 is 0. The topological polar surface area (TPSA) is 35.5 Å². The molecule has 17 heavy (non-hydrogen) atoms. The molecule has 0 bridgehead atoms. The molecule has 0 heterocycles. The summed E-state index contributed by atoms with van der Waals surface area (Å²) in [4.78, 5) is 2.13. The van der Waals surface area contributed by atoms with Crippen LogP contribution in [-0.2, 0) is 0 Å². The van der Waals surface area contributed by atoms with Crippen LogP contribution in [0.5, 0.6) is 0 Å². The van der Waals surface area contributed by atoms with Crippen LogP contribution in [0.3, 0.4) is 0 Å². The molecule has 1 aromatic carbocycles. The van der Waals surface area contributed by atoms with Crippen LogP contribution in [0.1, 0.15) is 25.0 Å². The molecule has 2 N–H and O–H groups in total. The van der Waals surface area contributed by atoms with Gasteiger partial charge in [-0.15, -0.1) is 0 Å². The smallest absolute Gasteiger partial charge is 0.0942 e. The van der Waals surface area contributed by atoms with Crippen molar-refractivity contribution in [3.8, 4) is 0 Å². The maximum atomic E-state index is 10.3. The number of nitrogens with one attached hydrogen (secondary N) is 1. The molecule has 3 heteroatoms. The lowest BCUT2D eigenvalue weighted by Gasteiger charge is -2.24. The predicted octanol–water partition coefficient (Wildman–Crippen LogP) is 1.65. The van der Waals surface area contributed by atoms with Gasteiger partial charge in [0, 0.05) is 19.1 Å². The Hall–Kier alpha value is -0.900. The van der Waals surface area contributed by atoms with Gasteiger partial charge in [0.25, 0.3) is 0 Å². The third kappa shape index (κ3) is 4.86. The molecule has 0 aliphatic rings. The van der Waals surface area contributed by atoms with Crippen LogP contribution in [0.2, 0.25) is 0 Å². The summed E-state index contributed by atoms with van der Waals surface area (Å²) in [5.41, 5.74) is 0.983. The van der Waals surface area contributed by atoms with Crippen molar-refractivity contribution in [3.63, 3.8) is 0 Å². The molecule has 0 aromatic heterocycles. The number of aliphatic hydroxyl groups is 1. The minimum atomic E-state index is -0.427. The number of hydrogen-bond donors (Lipinski definition) is 2. The minimum Gasteiger partial charge on any atom is -0.387 e. The first kappa shape index (κ1) is 14.2. The molecule has 1 rings (SSSR count). The zero-order chi connectivity index (χ0) is 12.7. The molecule has 0 radical (unpaired) electrons. The standard InChI is InChI=1S/C14H24N2O/c1-4-13(15-10-11-16(2)3)14(17)12-8-6-5-7-9-12/h5-9,13-15,17H,4,10-11H2,1-3H3. The molecular weight excluding hydrogens is 212 g/mol. The molecule has 2 unspecified atom stereocenters. The average Bonchev–Trinajstić information content (AvgIpc) is 2.34. The van der Waals surface area contributed by atoms with Crippen molar-refractivity contribution in [2.75, 3.05) is 27.2 Å². The van der Waals surface area contributed by atoms with E-state index in [0.717, 1.165) is 25.1 Å². The van der Waals surface area contributed by atoms with Gasteiger partial charge in [0.2, 0.25) is 0 Å². The predicted molar refractivity (Wildman–Crippen MR) is 72.0 cm³/mol. The summed E-state index contributed by atoms with van der Waals surface area (Å²) in [6.07, 6.45) is 0.493. The Labute approximate surface area is 104 Å². The van der Waals surface area contributed by atoms with Crippen LogP contribution in [0, 0.1) is 0 Å². The van der Waals surface area contributed by atoms with Crippen molar-refractivity contribution in [2.24, 2.45) is 0 Å². The summed E-state index contributed by atoms with van der Waals surface area (Å²) in [5, 5.41) is 13.7. The Morgan fingerprint density at radius 3 is 2.41 bits per heavy atom. The number of benzene rings is 1. The number of aliphatic hydroxyl groups excluding tert-OH is 1. The Kier molecular flexibility index (Phi) is 6.19. The lowest BCUT2D eigenvalue weighted by atomic mass is 10.0. The summed E-state index contributed by atoms with van der Waals surface area (Å²) >= 11 is 0. The molecule has 1 aromatic rings. The second-order valence-electron chi connectivity index (χ2n) is 4.63. The van der Waals surface area contributed by atoms with Gasteiger partial charge in [0.1, 0.15) is 0 Å². The van der Waals surface area contributed by atoms with Gasteiger partial charge < -0.3 is 15.3 Å². The quantitative estimate of drug-likeness (QED) is 0.755. The summed E-state index contributed by atoms with van der Waals surface area (Å²) in [7, 11) is 4.10. The molecule has 0 aliphatic heterocycles. The first-order chi connectivity index (χ1) is 8.15. The van der Waals surface area contributed by atoms with Crippen LogP contribution in [0.4, 0.5) is 0 Å². The molecule has 0 saturated heterocycles. The van der Waals surface area contributed by atoms with E-state index >= 15 is 0 Å². The van der Waals surface area contributed by atoms with E-state index in [9.17, 15) is 5.11 Å². The molecule has 0 amide bonds. The normalized spacial score (nSPS) is 14.9. The van der Waals surface area contributed by atoms with Gasteiger partial charge in [-0.2, -0.15) is 0 Å². The zero-order valence-electron chi connectivity index (χ0n) is 11.1. The van der Waals surface area contributed by atoms with E-state index in [2.05, 4.69) is 31.2 Å². The van der Waals surface area contributed by atoms with Crippen LogP contribution < -0.4 is 5.32 Å². The summed E-state index contributed by atoms with van der Waals surface area (Å²) in [6, 6.07) is 9.96. The Morgan fingerprint density at radius 1 is 1.24 bits per heavy atom. The van der Waals surface area contributed by atoms with Gasteiger partial charge in [-0.1, -0.05) is 37.3 Å². The third-order valence-electron chi connectivity index (χ3n) is 2.93. The van der Waals surface area contributed by atoms with E-state index in [1.54, 1.807) is 0 Å². The fraction of sp³-hybridized carbons (Fsp3) is 0.571. The van der Waals surface area contributed by atoms with Crippen LogP contribution in [0.25, 0.3) is 0 Å². The van der Waals surface area contributed by atoms with E-state index in [-0.39, 0.29) is 6.04 Å². The third-order valence-corrected chi connectivity index (χ3v) is 2.93. The second kappa shape index (κ2) is 7.43. The van der Waals surface area contributed by atoms with E-state index < -0.39 is 6.10 Å². The highest BCUT2D eigenvalue weighted by molar-refractivity contribution is 5.18. The van der Waals surface area contributed by atoms with Crippen molar-refractivity contribution >= 4 is 0 Å². The monoisotopic (exact) mass is 236 g/mol. The lowest BCUT2D eigenvalue weighted by molar-refractivity contribution is 0.125. The van der Waals surface area contributed by atoms with Gasteiger partial charge in [-0.3, -0.25) is 0 Å². The largest absolute Gasteiger partial charge is 0.387 e. The van der Waals surface area contributed by atoms with E-state index in [1.165, 1.54) is 0 Å². The number of nitrogens with zero attached hydrogens (tertiary/aromatic N) is 1. The first-order valence-corrected chi connectivity index (χ1v) is 6.26. The minimum absolute atomic E-state index is 0.123. The number of likely N-dealkylation sites (N-methyl/N-ethyl adjacent to an activating group) is 1.